The van der Waals surface area contributed by atoms with Gasteiger partial charge < -0.3 is 9.40 Å². The highest BCUT2D eigenvalue weighted by atomic mass is 35.5. The van der Waals surface area contributed by atoms with E-state index in [-0.39, 0.29) is 5.41 Å². The van der Waals surface area contributed by atoms with Gasteiger partial charge in [0.15, 0.2) is 11.6 Å². The van der Waals surface area contributed by atoms with Gasteiger partial charge in [-0.1, -0.05) is 74.3 Å². The predicted octanol–water partition coefficient (Wildman–Crippen LogP) is 7.57. The van der Waals surface area contributed by atoms with Crippen molar-refractivity contribution in [2.45, 2.75) is 40.0 Å². The lowest BCUT2D eigenvalue weighted by molar-refractivity contribution is 0.587. The number of imidazole rings is 1. The van der Waals surface area contributed by atoms with Crippen LogP contribution in [0.3, 0.4) is 0 Å². The first-order valence-electron chi connectivity index (χ1n) is 9.76. The Morgan fingerprint density at radius 1 is 0.862 bits per heavy atom. The Hall–Kier alpha value is -2.78. The summed E-state index contributed by atoms with van der Waals surface area (Å²) in [6.07, 6.45) is 0. The van der Waals surface area contributed by atoms with Gasteiger partial charge in [0.1, 0.15) is 5.76 Å². The highest BCUT2D eigenvalue weighted by Crippen LogP contribution is 2.35. The van der Waals surface area contributed by atoms with Gasteiger partial charge in [0, 0.05) is 21.8 Å². The lowest BCUT2D eigenvalue weighted by Crippen LogP contribution is -2.11. The summed E-state index contributed by atoms with van der Waals surface area (Å²) in [6.45, 7) is 10.6. The van der Waals surface area contributed by atoms with Crippen molar-refractivity contribution in [3.63, 3.8) is 0 Å². The van der Waals surface area contributed by atoms with E-state index in [1.165, 1.54) is 5.56 Å². The Kier molecular flexibility index (Phi) is 4.87. The van der Waals surface area contributed by atoms with Gasteiger partial charge in [0.05, 0.1) is 5.69 Å². The topological polar surface area (TPSA) is 41.8 Å². The first kappa shape index (κ1) is 19.5. The Balaban J connectivity index is 1.66. The smallest absolute Gasteiger partial charge is 0.174 e. The molecule has 0 saturated heterocycles. The summed E-state index contributed by atoms with van der Waals surface area (Å²) in [5.41, 5.74) is 6.35. The van der Waals surface area contributed by atoms with E-state index in [4.69, 9.17) is 21.0 Å². The number of nitrogens with zero attached hydrogens (tertiary/aromatic N) is 1. The normalized spacial score (nSPS) is 11.8. The summed E-state index contributed by atoms with van der Waals surface area (Å²) in [5.74, 6) is 2.20. The van der Waals surface area contributed by atoms with E-state index >= 15 is 0 Å². The van der Waals surface area contributed by atoms with Crippen molar-refractivity contribution >= 4 is 11.6 Å². The number of nitrogens with one attached hydrogen (secondary N) is 1. The highest BCUT2D eigenvalue weighted by molar-refractivity contribution is 6.31. The monoisotopic (exact) mass is 404 g/mol. The fourth-order valence-corrected chi connectivity index (χ4v) is 3.93. The second-order valence-electron chi connectivity index (χ2n) is 8.53. The summed E-state index contributed by atoms with van der Waals surface area (Å²) in [7, 11) is 0. The second-order valence-corrected chi connectivity index (χ2v) is 8.94. The Morgan fingerprint density at radius 2 is 1.52 bits per heavy atom. The molecule has 3 nitrogen and oxygen atoms in total. The Labute approximate surface area is 176 Å². The predicted molar refractivity (Wildman–Crippen MR) is 120 cm³/mol. The van der Waals surface area contributed by atoms with Gasteiger partial charge in [-0.25, -0.2) is 4.98 Å². The molecule has 2 aromatic heterocycles. The molecule has 0 radical (unpaired) electrons. The minimum atomic E-state index is 0.00200. The Morgan fingerprint density at radius 3 is 2.17 bits per heavy atom. The number of benzene rings is 2. The van der Waals surface area contributed by atoms with Gasteiger partial charge in [0.2, 0.25) is 0 Å². The summed E-state index contributed by atoms with van der Waals surface area (Å²) >= 11 is 6.53. The number of aromatic amines is 1. The minimum absolute atomic E-state index is 0.00200. The van der Waals surface area contributed by atoms with Crippen LogP contribution in [0.25, 0.3) is 34.2 Å². The number of hydrogen-bond acceptors (Lipinski definition) is 2. The highest BCUT2D eigenvalue weighted by Gasteiger charge is 2.19. The molecule has 0 atom stereocenters. The van der Waals surface area contributed by atoms with Crippen molar-refractivity contribution in [3.8, 4) is 34.2 Å². The number of hydrogen-bond donors (Lipinski definition) is 1. The zero-order valence-corrected chi connectivity index (χ0v) is 18.2. The van der Waals surface area contributed by atoms with E-state index in [1.807, 2.05) is 25.1 Å². The van der Waals surface area contributed by atoms with Gasteiger partial charge in [-0.3, -0.25) is 0 Å². The summed E-state index contributed by atoms with van der Waals surface area (Å²) < 4.78 is 6.11. The molecule has 2 heterocycles. The molecule has 0 unspecified atom stereocenters. The standard InChI is InChI=1S/C25H25ClN2O/c1-15-6-8-17(9-7-15)23-16(2)27-24(28-23)22-13-12-21(29-22)18-10-11-19(20(26)14-18)25(3,4)5/h6-14H,1-5H3,(H,27,28). The van der Waals surface area contributed by atoms with Crippen molar-refractivity contribution < 1.29 is 4.42 Å². The zero-order chi connectivity index (χ0) is 20.8. The molecule has 4 heteroatoms. The molecule has 0 aliphatic carbocycles. The molecule has 29 heavy (non-hydrogen) atoms. The van der Waals surface area contributed by atoms with Crippen LogP contribution in [0.15, 0.2) is 59.0 Å². The molecule has 0 aliphatic rings. The van der Waals surface area contributed by atoms with Crippen LogP contribution < -0.4 is 0 Å². The third kappa shape index (κ3) is 3.88. The molecule has 0 fully saturated rings. The van der Waals surface area contributed by atoms with E-state index in [2.05, 4.69) is 69.1 Å². The van der Waals surface area contributed by atoms with Crippen molar-refractivity contribution in [2.24, 2.45) is 0 Å². The molecule has 148 valence electrons. The number of aromatic nitrogens is 2. The van der Waals surface area contributed by atoms with Gasteiger partial charge in [-0.05, 0) is 43.0 Å². The quantitative estimate of drug-likeness (QED) is 0.382. The molecule has 2 aromatic carbocycles. The van der Waals surface area contributed by atoms with Gasteiger partial charge in [-0.15, -0.1) is 0 Å². The fourth-order valence-electron chi connectivity index (χ4n) is 3.47. The molecule has 4 aromatic rings. The Bertz CT molecular complexity index is 1160. The molecule has 0 aliphatic heterocycles. The van der Waals surface area contributed by atoms with Crippen molar-refractivity contribution in [1.82, 2.24) is 9.97 Å². The lowest BCUT2D eigenvalue weighted by atomic mass is 9.86. The summed E-state index contributed by atoms with van der Waals surface area (Å²) in [6, 6.07) is 18.4. The number of aryl methyl sites for hydroxylation is 2. The summed E-state index contributed by atoms with van der Waals surface area (Å²) in [5, 5.41) is 0.753. The molecule has 0 saturated carbocycles. The maximum absolute atomic E-state index is 6.53. The summed E-state index contributed by atoms with van der Waals surface area (Å²) in [4.78, 5) is 8.12. The molecular weight excluding hydrogens is 380 g/mol. The van der Waals surface area contributed by atoms with Crippen LogP contribution >= 0.6 is 11.6 Å². The van der Waals surface area contributed by atoms with Crippen LogP contribution in [0.5, 0.6) is 0 Å². The average Bonchev–Trinajstić information content (AvgIpc) is 3.28. The zero-order valence-electron chi connectivity index (χ0n) is 17.4. The first-order chi connectivity index (χ1) is 13.7. The molecule has 0 spiro atoms. The average molecular weight is 405 g/mol. The van der Waals surface area contributed by atoms with Gasteiger partial charge in [0.25, 0.3) is 0 Å². The minimum Gasteiger partial charge on any atom is -0.453 e. The van der Waals surface area contributed by atoms with Crippen LogP contribution in [0.1, 0.15) is 37.6 Å². The number of rotatable bonds is 3. The van der Waals surface area contributed by atoms with Crippen molar-refractivity contribution in [3.05, 3.63) is 76.4 Å². The van der Waals surface area contributed by atoms with Crippen molar-refractivity contribution in [1.29, 1.82) is 0 Å². The van der Waals surface area contributed by atoms with Crippen LogP contribution in [0.4, 0.5) is 0 Å². The van der Waals surface area contributed by atoms with Crippen LogP contribution in [-0.2, 0) is 5.41 Å². The second kappa shape index (κ2) is 7.23. The molecule has 1 N–H and O–H groups in total. The van der Waals surface area contributed by atoms with Crippen LogP contribution in [0, 0.1) is 13.8 Å². The largest absolute Gasteiger partial charge is 0.453 e. The van der Waals surface area contributed by atoms with Crippen LogP contribution in [-0.4, -0.2) is 9.97 Å². The molecule has 4 rings (SSSR count). The van der Waals surface area contributed by atoms with Crippen molar-refractivity contribution in [2.75, 3.05) is 0 Å². The third-order valence-electron chi connectivity index (χ3n) is 5.11. The molecule has 0 amide bonds. The third-order valence-corrected chi connectivity index (χ3v) is 5.42. The van der Waals surface area contributed by atoms with Gasteiger partial charge >= 0.3 is 0 Å². The molecular formula is C25H25ClN2O. The van der Waals surface area contributed by atoms with Gasteiger partial charge in [-0.2, -0.15) is 0 Å². The molecule has 0 bridgehead atoms. The van der Waals surface area contributed by atoms with E-state index in [1.54, 1.807) is 0 Å². The lowest BCUT2D eigenvalue weighted by Gasteiger charge is -2.20. The maximum Gasteiger partial charge on any atom is 0.174 e. The number of H-pyrrole nitrogens is 1. The number of furan rings is 1. The number of halogens is 1. The first-order valence-corrected chi connectivity index (χ1v) is 10.1. The van der Waals surface area contributed by atoms with E-state index < -0.39 is 0 Å². The SMILES string of the molecule is Cc1ccc(-c2nc(-c3ccc(-c4ccc(C(C)(C)C)c(Cl)c4)o3)[nH]c2C)cc1. The fraction of sp³-hybridized carbons (Fsp3) is 0.240. The van der Waals surface area contributed by atoms with E-state index in [9.17, 15) is 0 Å². The van der Waals surface area contributed by atoms with E-state index in [0.717, 1.165) is 44.7 Å². The maximum atomic E-state index is 6.53. The van der Waals surface area contributed by atoms with E-state index in [0.29, 0.717) is 5.76 Å². The van der Waals surface area contributed by atoms with Crippen LogP contribution in [0.2, 0.25) is 5.02 Å².